The number of carbonyl (C=O) groups is 1. The Balaban J connectivity index is 3.13. The SMILES string of the molecule is CCCCCCCCCCCCCOCCOCCOCCOCCOCCOCCOCCOCCOCCOCCN(C)C(=O)OC(C)(C)C. The summed E-state index contributed by atoms with van der Waals surface area (Å²) in [7, 11) is 1.69. The summed E-state index contributed by atoms with van der Waals surface area (Å²) in [6.07, 6.45) is 14.5. The number of rotatable bonds is 42. The number of likely N-dealkylation sites (N-methyl/N-ethyl adjacent to an activating group) is 1. The van der Waals surface area contributed by atoms with Crippen molar-refractivity contribution in [2.75, 3.05) is 146 Å². The molecule has 0 aromatic rings. The van der Waals surface area contributed by atoms with E-state index in [9.17, 15) is 4.79 Å². The molecule has 0 fully saturated rings. The first kappa shape index (κ1) is 50.9. The van der Waals surface area contributed by atoms with E-state index in [-0.39, 0.29) is 6.09 Å². The lowest BCUT2D eigenvalue weighted by Crippen LogP contribution is -2.36. The van der Waals surface area contributed by atoms with Gasteiger partial charge in [-0.25, -0.2) is 4.79 Å². The number of ether oxygens (including phenoxy) is 11. The van der Waals surface area contributed by atoms with Crippen LogP contribution in [-0.4, -0.2) is 162 Å². The minimum Gasteiger partial charge on any atom is -0.444 e. The van der Waals surface area contributed by atoms with Gasteiger partial charge in [0.05, 0.1) is 126 Å². The third kappa shape index (κ3) is 43.3. The van der Waals surface area contributed by atoms with E-state index in [2.05, 4.69) is 6.92 Å². The van der Waals surface area contributed by atoms with Crippen molar-refractivity contribution < 1.29 is 56.9 Å². The summed E-state index contributed by atoms with van der Waals surface area (Å²) in [6.45, 7) is 18.9. The molecule has 0 saturated carbocycles. The summed E-state index contributed by atoms with van der Waals surface area (Å²) < 4.78 is 60.5. The molecule has 0 aliphatic carbocycles. The Morgan fingerprint density at radius 2 is 0.635 bits per heavy atom. The van der Waals surface area contributed by atoms with Crippen molar-refractivity contribution in [3.8, 4) is 0 Å². The van der Waals surface area contributed by atoms with Crippen molar-refractivity contribution in [3.63, 3.8) is 0 Å². The van der Waals surface area contributed by atoms with Crippen molar-refractivity contribution in [1.82, 2.24) is 4.90 Å². The van der Waals surface area contributed by atoms with E-state index < -0.39 is 5.60 Å². The minimum absolute atomic E-state index is 0.361. The molecule has 0 rings (SSSR count). The molecule has 0 atom stereocenters. The quantitative estimate of drug-likeness (QED) is 0.0648. The van der Waals surface area contributed by atoms with Crippen LogP contribution >= 0.6 is 0 Å². The summed E-state index contributed by atoms with van der Waals surface area (Å²) in [6, 6.07) is 0. The first-order valence-corrected chi connectivity index (χ1v) is 20.1. The largest absolute Gasteiger partial charge is 0.444 e. The molecule has 0 bridgehead atoms. The Morgan fingerprint density at radius 1 is 0.385 bits per heavy atom. The van der Waals surface area contributed by atoms with E-state index in [1.54, 1.807) is 7.05 Å². The predicted molar refractivity (Wildman–Crippen MR) is 204 cm³/mol. The van der Waals surface area contributed by atoms with E-state index in [0.717, 1.165) is 13.0 Å². The van der Waals surface area contributed by atoms with Crippen LogP contribution in [0.4, 0.5) is 4.79 Å². The second-order valence-corrected chi connectivity index (χ2v) is 13.6. The zero-order chi connectivity index (χ0) is 38.1. The summed E-state index contributed by atoms with van der Waals surface area (Å²) in [5, 5.41) is 0. The van der Waals surface area contributed by atoms with Crippen LogP contribution in [-0.2, 0) is 52.1 Å². The van der Waals surface area contributed by atoms with Crippen LogP contribution in [0.1, 0.15) is 98.3 Å². The highest BCUT2D eigenvalue weighted by atomic mass is 16.6. The molecule has 0 aromatic heterocycles. The lowest BCUT2D eigenvalue weighted by molar-refractivity contribution is -0.0267. The van der Waals surface area contributed by atoms with E-state index in [4.69, 9.17) is 52.1 Å². The Hall–Kier alpha value is -1.13. The lowest BCUT2D eigenvalue weighted by atomic mass is 10.1. The molecule has 0 spiro atoms. The maximum absolute atomic E-state index is 11.9. The highest BCUT2D eigenvalue weighted by Crippen LogP contribution is 2.11. The molecule has 0 radical (unpaired) electrons. The van der Waals surface area contributed by atoms with Gasteiger partial charge in [-0.15, -0.1) is 0 Å². The monoisotopic (exact) mass is 754 g/mol. The fourth-order valence-corrected chi connectivity index (χ4v) is 4.58. The first-order valence-electron chi connectivity index (χ1n) is 20.1. The molecule has 52 heavy (non-hydrogen) atoms. The van der Waals surface area contributed by atoms with Gasteiger partial charge in [0, 0.05) is 20.2 Å². The second-order valence-electron chi connectivity index (χ2n) is 13.6. The van der Waals surface area contributed by atoms with Gasteiger partial charge in [-0.2, -0.15) is 0 Å². The van der Waals surface area contributed by atoms with E-state index in [1.165, 1.54) is 69.1 Å². The zero-order valence-corrected chi connectivity index (χ0v) is 34.0. The van der Waals surface area contributed by atoms with Crippen molar-refractivity contribution >= 4 is 6.09 Å². The zero-order valence-electron chi connectivity index (χ0n) is 34.0. The second kappa shape index (κ2) is 41.0. The Labute approximate surface area is 317 Å². The summed E-state index contributed by atoms with van der Waals surface area (Å²) in [5.74, 6) is 0. The van der Waals surface area contributed by atoms with Crippen molar-refractivity contribution in [2.45, 2.75) is 104 Å². The fraction of sp³-hybridized carbons (Fsp3) is 0.974. The average molecular weight is 754 g/mol. The van der Waals surface area contributed by atoms with Crippen molar-refractivity contribution in [1.29, 1.82) is 0 Å². The van der Waals surface area contributed by atoms with Crippen LogP contribution in [0.2, 0.25) is 0 Å². The number of amides is 1. The van der Waals surface area contributed by atoms with Crippen LogP contribution < -0.4 is 0 Å². The molecule has 0 aliphatic rings. The van der Waals surface area contributed by atoms with Gasteiger partial charge in [-0.05, 0) is 27.2 Å². The van der Waals surface area contributed by atoms with Gasteiger partial charge in [0.25, 0.3) is 0 Å². The number of nitrogens with zero attached hydrogens (tertiary/aromatic N) is 1. The third-order valence-corrected chi connectivity index (χ3v) is 7.52. The standard InChI is InChI=1S/C39H79NO12/c1-6-7-8-9-10-11-12-13-14-15-16-18-42-20-22-44-24-26-46-28-30-48-32-34-50-36-37-51-35-33-49-31-29-47-27-25-45-23-21-43-19-17-40(5)38(41)52-39(2,3)4/h6-37H2,1-5H3. The van der Waals surface area contributed by atoms with Gasteiger partial charge in [-0.1, -0.05) is 71.1 Å². The topological polar surface area (TPSA) is 122 Å². The molecule has 13 nitrogen and oxygen atoms in total. The van der Waals surface area contributed by atoms with Gasteiger partial charge in [0.2, 0.25) is 0 Å². The molecule has 0 aliphatic heterocycles. The highest BCUT2D eigenvalue weighted by molar-refractivity contribution is 5.67. The van der Waals surface area contributed by atoms with E-state index in [0.29, 0.717) is 132 Å². The Kier molecular flexibility index (Phi) is 40.2. The first-order chi connectivity index (χ1) is 25.4. The number of hydrogen-bond donors (Lipinski definition) is 0. The molecule has 13 heteroatoms. The Bertz CT molecular complexity index is 713. The predicted octanol–water partition coefficient (Wildman–Crippen LogP) is 6.33. The molecule has 0 heterocycles. The molecule has 312 valence electrons. The minimum atomic E-state index is -0.508. The molecule has 1 amide bonds. The molecule has 0 unspecified atom stereocenters. The van der Waals surface area contributed by atoms with E-state index >= 15 is 0 Å². The van der Waals surface area contributed by atoms with Crippen molar-refractivity contribution in [2.24, 2.45) is 0 Å². The van der Waals surface area contributed by atoms with Crippen LogP contribution in [0, 0.1) is 0 Å². The van der Waals surface area contributed by atoms with Gasteiger partial charge >= 0.3 is 6.09 Å². The van der Waals surface area contributed by atoms with Gasteiger partial charge < -0.3 is 57.0 Å². The number of hydrogen-bond acceptors (Lipinski definition) is 12. The maximum Gasteiger partial charge on any atom is 0.410 e. The van der Waals surface area contributed by atoms with Gasteiger partial charge in [0.1, 0.15) is 5.60 Å². The van der Waals surface area contributed by atoms with Crippen LogP contribution in [0.3, 0.4) is 0 Å². The van der Waals surface area contributed by atoms with E-state index in [1.807, 2.05) is 20.8 Å². The third-order valence-electron chi connectivity index (χ3n) is 7.52. The van der Waals surface area contributed by atoms with Crippen LogP contribution in [0.25, 0.3) is 0 Å². The van der Waals surface area contributed by atoms with Crippen molar-refractivity contribution in [3.05, 3.63) is 0 Å². The van der Waals surface area contributed by atoms with Crippen LogP contribution in [0.15, 0.2) is 0 Å². The summed E-state index contributed by atoms with van der Waals surface area (Å²) in [4.78, 5) is 13.4. The fourth-order valence-electron chi connectivity index (χ4n) is 4.58. The number of carbonyl (C=O) groups excluding carboxylic acids is 1. The average Bonchev–Trinajstić information content (AvgIpc) is 3.11. The summed E-state index contributed by atoms with van der Waals surface area (Å²) in [5.41, 5.74) is -0.508. The van der Waals surface area contributed by atoms with Crippen LogP contribution in [0.5, 0.6) is 0 Å². The molecule has 0 N–H and O–H groups in total. The normalized spacial score (nSPS) is 11.8. The molecular weight excluding hydrogens is 674 g/mol. The molecule has 0 aromatic carbocycles. The van der Waals surface area contributed by atoms with Gasteiger partial charge in [0.15, 0.2) is 0 Å². The Morgan fingerprint density at radius 3 is 0.923 bits per heavy atom. The number of unbranched alkanes of at least 4 members (excludes halogenated alkanes) is 10. The van der Waals surface area contributed by atoms with Gasteiger partial charge in [-0.3, -0.25) is 0 Å². The highest BCUT2D eigenvalue weighted by Gasteiger charge is 2.19. The smallest absolute Gasteiger partial charge is 0.410 e. The maximum atomic E-state index is 11.9. The summed E-state index contributed by atoms with van der Waals surface area (Å²) >= 11 is 0. The molecular formula is C39H79NO12. The lowest BCUT2D eigenvalue weighted by Gasteiger charge is -2.24. The molecule has 0 saturated heterocycles.